The molecular weight excluding hydrogens is 774 g/mol. The summed E-state index contributed by atoms with van der Waals surface area (Å²) in [5, 5.41) is 23.3. The number of fused-ring (bicyclic) bond motifs is 4. The van der Waals surface area contributed by atoms with Crippen LogP contribution in [0.2, 0.25) is 0 Å². The highest BCUT2D eigenvalue weighted by molar-refractivity contribution is 8.76. The number of thioether (sulfide) groups is 1. The van der Waals surface area contributed by atoms with Crippen LogP contribution in [0.5, 0.6) is 11.5 Å². The first kappa shape index (κ1) is 41.9. The fourth-order valence-corrected chi connectivity index (χ4v) is 10.9. The lowest BCUT2D eigenvalue weighted by atomic mass is 10.0. The van der Waals surface area contributed by atoms with Gasteiger partial charge in [-0.2, -0.15) is 16.9 Å². The van der Waals surface area contributed by atoms with E-state index in [0.717, 1.165) is 103 Å². The quantitative estimate of drug-likeness (QED) is 0.0227. The van der Waals surface area contributed by atoms with Gasteiger partial charge in [0.1, 0.15) is 5.82 Å². The minimum Gasteiger partial charge on any atom is -0.493 e. The predicted octanol–water partition coefficient (Wildman–Crippen LogP) is 7.32. The van der Waals surface area contributed by atoms with Crippen LogP contribution in [0.4, 0.5) is 20.7 Å². The molecule has 0 saturated carbocycles. The molecule has 6 rings (SSSR count). The third kappa shape index (κ3) is 12.1. The number of aromatic nitrogens is 2. The number of nitrogens with zero attached hydrogens (tertiary/aromatic N) is 1. The third-order valence-corrected chi connectivity index (χ3v) is 14.2. The molecule has 3 heterocycles. The molecule has 1 aliphatic carbocycles. The maximum atomic E-state index is 13.7. The van der Waals surface area contributed by atoms with Crippen LogP contribution < -0.4 is 36.1 Å². The van der Waals surface area contributed by atoms with Crippen molar-refractivity contribution in [3.05, 3.63) is 53.3 Å². The summed E-state index contributed by atoms with van der Waals surface area (Å²) < 4.78 is 25.5. The molecule has 0 radical (unpaired) electrons. The van der Waals surface area contributed by atoms with Crippen LogP contribution in [0.1, 0.15) is 81.8 Å². The smallest absolute Gasteiger partial charge is 0.315 e. The molecule has 16 heteroatoms. The van der Waals surface area contributed by atoms with E-state index in [1.165, 1.54) is 12.1 Å². The van der Waals surface area contributed by atoms with E-state index in [2.05, 4.69) is 36.8 Å². The topological polar surface area (TPSA) is 158 Å². The number of hydrogen-bond donors (Lipinski definition) is 6. The number of carbonyl (C=O) groups is 3. The molecule has 3 aromatic rings. The molecule has 3 atom stereocenters. The van der Waals surface area contributed by atoms with E-state index in [4.69, 9.17) is 9.47 Å². The Labute approximate surface area is 340 Å². The van der Waals surface area contributed by atoms with E-state index < -0.39 is 0 Å². The van der Waals surface area contributed by atoms with E-state index in [1.54, 1.807) is 34.8 Å². The van der Waals surface area contributed by atoms with Gasteiger partial charge in [-0.05, 0) is 74.4 Å². The van der Waals surface area contributed by atoms with Crippen LogP contribution in [0.3, 0.4) is 0 Å². The molecule has 2 aromatic carbocycles. The number of hydrogen-bond acceptors (Lipinski definition) is 10. The number of H-pyrrole nitrogens is 1. The lowest BCUT2D eigenvalue weighted by Gasteiger charge is -2.16. The Balaban J connectivity index is 0.726. The average molecular weight is 828 g/mol. The van der Waals surface area contributed by atoms with Crippen molar-refractivity contribution < 1.29 is 28.2 Å². The molecule has 304 valence electrons. The molecule has 3 unspecified atom stereocenters. The lowest BCUT2D eigenvalue weighted by Crippen LogP contribution is -2.36. The van der Waals surface area contributed by atoms with Crippen molar-refractivity contribution in [2.75, 3.05) is 49.4 Å². The minimum atomic E-state index is -0.304. The Morgan fingerprint density at radius 2 is 1.73 bits per heavy atom. The van der Waals surface area contributed by atoms with Gasteiger partial charge in [0, 0.05) is 71.7 Å². The molecule has 3 aliphatic rings. The van der Waals surface area contributed by atoms with Gasteiger partial charge in [0.15, 0.2) is 17.3 Å². The fraction of sp³-hybridized carbons (Fsp3) is 0.550. The number of benzene rings is 2. The number of rotatable bonds is 25. The van der Waals surface area contributed by atoms with Crippen LogP contribution >= 0.6 is 33.3 Å². The number of urea groups is 1. The zero-order valence-corrected chi connectivity index (χ0v) is 34.5. The molecule has 0 bridgehead atoms. The van der Waals surface area contributed by atoms with Gasteiger partial charge >= 0.3 is 6.03 Å². The van der Waals surface area contributed by atoms with Gasteiger partial charge in [-0.3, -0.25) is 14.7 Å². The second-order valence-corrected chi connectivity index (χ2v) is 18.3. The van der Waals surface area contributed by atoms with Crippen molar-refractivity contribution >= 4 is 62.7 Å². The summed E-state index contributed by atoms with van der Waals surface area (Å²) in [6.07, 6.45) is 10.5. The van der Waals surface area contributed by atoms with Gasteiger partial charge < -0.3 is 36.1 Å². The highest BCUT2D eigenvalue weighted by Gasteiger charge is 2.42. The SMILES string of the molecule is COc1cc2c(cc1OCCCCSSCCC(=O)NCCCCCCNC(=O)CCCCC1SCC3NC(=O)NC31)Cc1c(Nc3cccc(F)c3)n[nH]c1-2. The highest BCUT2D eigenvalue weighted by atomic mass is 33.1. The number of carbonyl (C=O) groups excluding carboxylic acids is 3. The number of amides is 4. The Morgan fingerprint density at radius 3 is 2.54 bits per heavy atom. The lowest BCUT2D eigenvalue weighted by molar-refractivity contribution is -0.121. The maximum Gasteiger partial charge on any atom is 0.315 e. The van der Waals surface area contributed by atoms with Gasteiger partial charge in [0.2, 0.25) is 11.8 Å². The third-order valence-electron chi connectivity index (χ3n) is 10.2. The maximum absolute atomic E-state index is 13.7. The predicted molar refractivity (Wildman–Crippen MR) is 226 cm³/mol. The van der Waals surface area contributed by atoms with Crippen molar-refractivity contribution in [2.24, 2.45) is 0 Å². The van der Waals surface area contributed by atoms with Gasteiger partial charge in [-0.1, -0.05) is 46.9 Å². The first-order valence-corrected chi connectivity index (χ1v) is 23.3. The van der Waals surface area contributed by atoms with Crippen molar-refractivity contribution in [1.29, 1.82) is 0 Å². The second kappa shape index (κ2) is 21.7. The Bertz CT molecular complexity index is 1780. The second-order valence-electron chi connectivity index (χ2n) is 14.3. The monoisotopic (exact) mass is 827 g/mol. The van der Waals surface area contributed by atoms with Crippen molar-refractivity contribution in [3.63, 3.8) is 0 Å². The standard InChI is InChI=1S/C40H54FN7O5S3/c1-52-32-24-29-26(21-30-37(29)47-48-39(30)44-28-12-10-11-27(41)23-28)22-33(32)53-18-8-9-19-55-56-20-15-36(50)43-17-7-3-2-6-16-42-35(49)14-5-4-13-34-38-31(25-54-34)45-40(51)46-38/h10-12,22-24,31,34,38H,2-9,13-21,25H2,1H3,(H,42,49)(H,43,50)(H2,44,47,48)(H2,45,46,51). The molecule has 2 aliphatic heterocycles. The molecule has 12 nitrogen and oxygen atoms in total. The summed E-state index contributed by atoms with van der Waals surface area (Å²) in [6, 6.07) is 10.8. The fourth-order valence-electron chi connectivity index (χ4n) is 7.22. The number of nitrogens with one attached hydrogen (secondary N) is 6. The number of halogens is 1. The number of methoxy groups -OCH3 is 1. The molecule has 0 spiro atoms. The van der Waals surface area contributed by atoms with E-state index in [-0.39, 0.29) is 35.7 Å². The number of anilines is 2. The largest absolute Gasteiger partial charge is 0.493 e. The van der Waals surface area contributed by atoms with Crippen LogP contribution in [-0.2, 0) is 16.0 Å². The van der Waals surface area contributed by atoms with Crippen LogP contribution in [0.25, 0.3) is 11.3 Å². The summed E-state index contributed by atoms with van der Waals surface area (Å²) in [4.78, 5) is 35.9. The first-order chi connectivity index (χ1) is 27.4. The van der Waals surface area contributed by atoms with Crippen LogP contribution in [-0.4, -0.2) is 89.4 Å². The van der Waals surface area contributed by atoms with Crippen LogP contribution in [0, 0.1) is 5.82 Å². The molecular formula is C40H54FN7O5S3. The highest BCUT2D eigenvalue weighted by Crippen LogP contribution is 2.44. The average Bonchev–Trinajstić information content (AvgIpc) is 3.95. The molecule has 6 N–H and O–H groups in total. The van der Waals surface area contributed by atoms with Crippen LogP contribution in [0.15, 0.2) is 36.4 Å². The summed E-state index contributed by atoms with van der Waals surface area (Å²) in [6.45, 7) is 1.98. The van der Waals surface area contributed by atoms with Crippen molar-refractivity contribution in [3.8, 4) is 22.8 Å². The van der Waals surface area contributed by atoms with E-state index >= 15 is 0 Å². The Kier molecular flexibility index (Phi) is 16.2. The molecule has 56 heavy (non-hydrogen) atoms. The number of aromatic amines is 1. The first-order valence-electron chi connectivity index (χ1n) is 19.8. The summed E-state index contributed by atoms with van der Waals surface area (Å²) in [5.74, 6) is 4.72. The number of unbranched alkanes of at least 4 members (excludes halogenated alkanes) is 5. The van der Waals surface area contributed by atoms with E-state index in [1.807, 2.05) is 30.0 Å². The van der Waals surface area contributed by atoms with E-state index in [0.29, 0.717) is 61.5 Å². The minimum absolute atomic E-state index is 0.0532. The van der Waals surface area contributed by atoms with Gasteiger partial charge in [-0.15, -0.1) is 0 Å². The normalized spacial score (nSPS) is 17.8. The molecule has 2 fully saturated rings. The zero-order chi connectivity index (χ0) is 39.1. The zero-order valence-electron chi connectivity index (χ0n) is 32.0. The Hall–Kier alpha value is -3.76. The molecule has 1 aromatic heterocycles. The molecule has 2 saturated heterocycles. The molecule has 4 amide bonds. The van der Waals surface area contributed by atoms with Gasteiger partial charge in [0.25, 0.3) is 0 Å². The summed E-state index contributed by atoms with van der Waals surface area (Å²) >= 11 is 1.92. The van der Waals surface area contributed by atoms with Crippen molar-refractivity contribution in [1.82, 2.24) is 31.5 Å². The van der Waals surface area contributed by atoms with Gasteiger partial charge in [-0.25, -0.2) is 9.18 Å². The van der Waals surface area contributed by atoms with Crippen molar-refractivity contribution in [2.45, 2.75) is 94.4 Å². The number of ether oxygens (including phenoxy) is 2. The Morgan fingerprint density at radius 1 is 0.929 bits per heavy atom. The summed E-state index contributed by atoms with van der Waals surface area (Å²) in [5.41, 5.74) is 4.74. The van der Waals surface area contributed by atoms with E-state index in [9.17, 15) is 18.8 Å². The summed E-state index contributed by atoms with van der Waals surface area (Å²) in [7, 11) is 5.17. The van der Waals surface area contributed by atoms with Gasteiger partial charge in [0.05, 0.1) is 31.5 Å².